The van der Waals surface area contributed by atoms with Crippen LogP contribution in [-0.2, 0) is 14.3 Å². The first-order valence-corrected chi connectivity index (χ1v) is 7.35. The standard InChI is InChI=1S/C14H25N3O3/c1-15-14(16-9-11-5-8-20-10-11)17-6-3-12(4-7-17)13(18)19-2/h11-12H,3-10H2,1-2H3,(H,15,16). The molecule has 2 fully saturated rings. The Morgan fingerprint density at radius 2 is 2.15 bits per heavy atom. The molecule has 0 saturated carbocycles. The molecule has 1 unspecified atom stereocenters. The number of piperidine rings is 1. The first-order valence-electron chi connectivity index (χ1n) is 7.35. The van der Waals surface area contributed by atoms with Crippen LogP contribution in [0.3, 0.4) is 0 Å². The van der Waals surface area contributed by atoms with Gasteiger partial charge in [0.05, 0.1) is 19.6 Å². The van der Waals surface area contributed by atoms with Gasteiger partial charge >= 0.3 is 5.97 Å². The molecular formula is C14H25N3O3. The second-order valence-corrected chi connectivity index (χ2v) is 5.44. The Hall–Kier alpha value is -1.30. The normalized spacial score (nSPS) is 24.8. The van der Waals surface area contributed by atoms with Crippen molar-refractivity contribution in [1.29, 1.82) is 0 Å². The fraction of sp³-hybridized carbons (Fsp3) is 0.857. The van der Waals surface area contributed by atoms with Gasteiger partial charge < -0.3 is 19.7 Å². The van der Waals surface area contributed by atoms with Crippen molar-refractivity contribution in [2.45, 2.75) is 19.3 Å². The van der Waals surface area contributed by atoms with Gasteiger partial charge in [-0.15, -0.1) is 0 Å². The van der Waals surface area contributed by atoms with E-state index in [2.05, 4.69) is 15.2 Å². The number of ether oxygens (including phenoxy) is 2. The van der Waals surface area contributed by atoms with E-state index in [9.17, 15) is 4.79 Å². The van der Waals surface area contributed by atoms with Crippen LogP contribution in [0.25, 0.3) is 0 Å². The van der Waals surface area contributed by atoms with Gasteiger partial charge in [-0.2, -0.15) is 0 Å². The Bertz CT molecular complexity index is 346. The van der Waals surface area contributed by atoms with Crippen LogP contribution in [-0.4, -0.2) is 63.8 Å². The molecule has 0 bridgehead atoms. The third-order valence-electron chi connectivity index (χ3n) is 4.11. The number of guanidine groups is 1. The average molecular weight is 283 g/mol. The van der Waals surface area contributed by atoms with E-state index in [4.69, 9.17) is 9.47 Å². The fourth-order valence-electron chi connectivity index (χ4n) is 2.81. The third-order valence-corrected chi connectivity index (χ3v) is 4.11. The SMILES string of the molecule is CN=C(NCC1CCOC1)N1CCC(C(=O)OC)CC1. The summed E-state index contributed by atoms with van der Waals surface area (Å²) in [6, 6.07) is 0. The van der Waals surface area contributed by atoms with Crippen LogP contribution >= 0.6 is 0 Å². The van der Waals surface area contributed by atoms with Gasteiger partial charge in [-0.05, 0) is 19.3 Å². The summed E-state index contributed by atoms with van der Waals surface area (Å²) in [4.78, 5) is 18.1. The molecule has 2 heterocycles. The Balaban J connectivity index is 1.76. The maximum Gasteiger partial charge on any atom is 0.308 e. The topological polar surface area (TPSA) is 63.2 Å². The molecule has 2 aliphatic rings. The average Bonchev–Trinajstić information content (AvgIpc) is 3.01. The smallest absolute Gasteiger partial charge is 0.308 e. The van der Waals surface area contributed by atoms with Crippen molar-refractivity contribution in [3.8, 4) is 0 Å². The number of methoxy groups -OCH3 is 1. The van der Waals surface area contributed by atoms with Crippen molar-refractivity contribution in [2.75, 3.05) is 47.0 Å². The Kier molecular flexibility index (Phi) is 5.64. The highest BCUT2D eigenvalue weighted by molar-refractivity contribution is 5.80. The first kappa shape index (κ1) is 15.1. The minimum atomic E-state index is -0.0873. The lowest BCUT2D eigenvalue weighted by atomic mass is 9.97. The number of carbonyl (C=O) groups excluding carboxylic acids is 1. The van der Waals surface area contributed by atoms with Crippen molar-refractivity contribution < 1.29 is 14.3 Å². The van der Waals surface area contributed by atoms with Gasteiger partial charge in [0.2, 0.25) is 0 Å². The zero-order valence-corrected chi connectivity index (χ0v) is 12.4. The van der Waals surface area contributed by atoms with Gasteiger partial charge in [-0.1, -0.05) is 0 Å². The van der Waals surface area contributed by atoms with Crippen LogP contribution in [0.5, 0.6) is 0 Å². The molecule has 1 N–H and O–H groups in total. The van der Waals surface area contributed by atoms with Crippen LogP contribution in [0.1, 0.15) is 19.3 Å². The van der Waals surface area contributed by atoms with Crippen LogP contribution in [0.2, 0.25) is 0 Å². The second-order valence-electron chi connectivity index (χ2n) is 5.44. The van der Waals surface area contributed by atoms with E-state index >= 15 is 0 Å². The summed E-state index contributed by atoms with van der Waals surface area (Å²) in [5, 5.41) is 3.42. The number of likely N-dealkylation sites (tertiary alicyclic amines) is 1. The van der Waals surface area contributed by atoms with Crippen LogP contribution < -0.4 is 5.32 Å². The van der Waals surface area contributed by atoms with E-state index in [1.165, 1.54) is 7.11 Å². The predicted octanol–water partition coefficient (Wildman–Crippen LogP) is 0.483. The number of nitrogens with zero attached hydrogens (tertiary/aromatic N) is 2. The molecule has 0 aromatic carbocycles. The lowest BCUT2D eigenvalue weighted by Crippen LogP contribution is -2.47. The van der Waals surface area contributed by atoms with Gasteiger partial charge in [-0.25, -0.2) is 0 Å². The van der Waals surface area contributed by atoms with Crippen LogP contribution in [0, 0.1) is 11.8 Å². The zero-order valence-electron chi connectivity index (χ0n) is 12.4. The lowest BCUT2D eigenvalue weighted by molar-refractivity contribution is -0.146. The monoisotopic (exact) mass is 283 g/mol. The highest BCUT2D eigenvalue weighted by Crippen LogP contribution is 2.18. The number of aliphatic imine (C=N–C) groups is 1. The molecule has 0 radical (unpaired) electrons. The lowest BCUT2D eigenvalue weighted by Gasteiger charge is -2.33. The molecule has 20 heavy (non-hydrogen) atoms. The Morgan fingerprint density at radius 1 is 1.40 bits per heavy atom. The van der Waals surface area contributed by atoms with E-state index in [0.717, 1.165) is 58.1 Å². The van der Waals surface area contributed by atoms with Crippen molar-refractivity contribution in [2.24, 2.45) is 16.8 Å². The molecule has 114 valence electrons. The second kappa shape index (κ2) is 7.47. The molecule has 0 aliphatic carbocycles. The van der Waals surface area contributed by atoms with E-state index in [1.807, 2.05) is 0 Å². The van der Waals surface area contributed by atoms with E-state index in [-0.39, 0.29) is 11.9 Å². The number of esters is 1. The summed E-state index contributed by atoms with van der Waals surface area (Å²) in [5.74, 6) is 1.47. The molecular weight excluding hydrogens is 258 g/mol. The summed E-state index contributed by atoms with van der Waals surface area (Å²) >= 11 is 0. The summed E-state index contributed by atoms with van der Waals surface area (Å²) in [6.07, 6.45) is 2.79. The van der Waals surface area contributed by atoms with Gasteiger partial charge in [0.1, 0.15) is 0 Å². The fourth-order valence-corrected chi connectivity index (χ4v) is 2.81. The minimum Gasteiger partial charge on any atom is -0.469 e. The van der Waals surface area contributed by atoms with Gasteiger partial charge in [0.15, 0.2) is 5.96 Å². The Morgan fingerprint density at radius 3 is 2.70 bits per heavy atom. The minimum absolute atomic E-state index is 0.0394. The first-order chi connectivity index (χ1) is 9.74. The molecule has 0 aromatic rings. The molecule has 2 aliphatic heterocycles. The number of hydrogen-bond acceptors (Lipinski definition) is 4. The van der Waals surface area contributed by atoms with E-state index in [0.29, 0.717) is 5.92 Å². The molecule has 2 saturated heterocycles. The highest BCUT2D eigenvalue weighted by atomic mass is 16.5. The summed E-state index contributed by atoms with van der Waals surface area (Å²) < 4.78 is 10.2. The van der Waals surface area contributed by atoms with Gasteiger partial charge in [0.25, 0.3) is 0 Å². The van der Waals surface area contributed by atoms with Crippen molar-refractivity contribution in [3.63, 3.8) is 0 Å². The number of hydrogen-bond donors (Lipinski definition) is 1. The van der Waals surface area contributed by atoms with Crippen molar-refractivity contribution in [1.82, 2.24) is 10.2 Å². The molecule has 0 spiro atoms. The predicted molar refractivity (Wildman–Crippen MR) is 76.6 cm³/mol. The quantitative estimate of drug-likeness (QED) is 0.464. The highest BCUT2D eigenvalue weighted by Gasteiger charge is 2.27. The van der Waals surface area contributed by atoms with E-state index in [1.54, 1.807) is 7.05 Å². The molecule has 6 heteroatoms. The van der Waals surface area contributed by atoms with Crippen LogP contribution in [0.15, 0.2) is 4.99 Å². The third kappa shape index (κ3) is 3.85. The largest absolute Gasteiger partial charge is 0.469 e. The maximum atomic E-state index is 11.5. The molecule has 0 amide bonds. The molecule has 0 aromatic heterocycles. The number of rotatable bonds is 3. The van der Waals surface area contributed by atoms with E-state index < -0.39 is 0 Å². The molecule has 6 nitrogen and oxygen atoms in total. The molecule has 1 atom stereocenters. The zero-order chi connectivity index (χ0) is 14.4. The van der Waals surface area contributed by atoms with Gasteiger partial charge in [0, 0.05) is 39.2 Å². The molecule has 2 rings (SSSR count). The summed E-state index contributed by atoms with van der Waals surface area (Å²) in [6.45, 7) is 4.31. The number of carbonyl (C=O) groups is 1. The summed E-state index contributed by atoms with van der Waals surface area (Å²) in [7, 11) is 3.26. The Labute approximate surface area is 120 Å². The van der Waals surface area contributed by atoms with Crippen molar-refractivity contribution >= 4 is 11.9 Å². The number of nitrogens with one attached hydrogen (secondary N) is 1. The maximum absolute atomic E-state index is 11.5. The van der Waals surface area contributed by atoms with Crippen LogP contribution in [0.4, 0.5) is 0 Å². The van der Waals surface area contributed by atoms with Gasteiger partial charge in [-0.3, -0.25) is 9.79 Å². The summed E-state index contributed by atoms with van der Waals surface area (Å²) in [5.41, 5.74) is 0. The van der Waals surface area contributed by atoms with Crippen molar-refractivity contribution in [3.05, 3.63) is 0 Å².